The van der Waals surface area contributed by atoms with Gasteiger partial charge in [-0.15, -0.1) is 23.5 Å². The first-order valence-corrected chi connectivity index (χ1v) is 13.6. The van der Waals surface area contributed by atoms with Crippen molar-refractivity contribution in [2.75, 3.05) is 32.6 Å². The average molecular weight is 463 g/mol. The van der Waals surface area contributed by atoms with Crippen LogP contribution in [0, 0.1) is 6.92 Å². The van der Waals surface area contributed by atoms with E-state index in [9.17, 15) is 8.42 Å². The maximum absolute atomic E-state index is 13.6. The molecule has 0 saturated carbocycles. The van der Waals surface area contributed by atoms with E-state index in [-0.39, 0.29) is 0 Å². The summed E-state index contributed by atoms with van der Waals surface area (Å²) >= 11 is 3.39. The molecule has 1 heterocycles. The Balaban J connectivity index is 2.15. The highest BCUT2D eigenvalue weighted by molar-refractivity contribution is 7.99. The third-order valence-corrected chi connectivity index (χ3v) is 8.91. The van der Waals surface area contributed by atoms with Gasteiger partial charge >= 0.3 is 0 Å². The molecule has 2 aromatic carbocycles. The second kappa shape index (κ2) is 9.39. The summed E-state index contributed by atoms with van der Waals surface area (Å²) in [6, 6.07) is 13.3. The number of thioether (sulfide) groups is 2. The topological polar surface area (TPSA) is 42.3 Å². The van der Waals surface area contributed by atoms with E-state index < -0.39 is 10.0 Å². The average Bonchev–Trinajstić information content (AvgIpc) is 2.99. The molecule has 30 heavy (non-hydrogen) atoms. The highest BCUT2D eigenvalue weighted by atomic mass is 32.2. The van der Waals surface area contributed by atoms with E-state index >= 15 is 0 Å². The van der Waals surface area contributed by atoms with Crippen LogP contribution >= 0.6 is 23.5 Å². The summed E-state index contributed by atoms with van der Waals surface area (Å²) in [5, 5.41) is 1.01. The molecule has 0 atom stereocenters. The van der Waals surface area contributed by atoms with Crippen LogP contribution in [0.2, 0.25) is 0 Å². The van der Waals surface area contributed by atoms with Gasteiger partial charge < -0.3 is 4.90 Å². The molecule has 0 N–H and O–H groups in total. The van der Waals surface area contributed by atoms with Crippen LogP contribution in [0.15, 0.2) is 57.2 Å². The number of hydrogen-bond acceptors (Lipinski definition) is 5. The van der Waals surface area contributed by atoms with Crippen molar-refractivity contribution in [2.24, 2.45) is 0 Å². The number of fused-ring (bicyclic) bond motifs is 1. The maximum atomic E-state index is 13.6. The molecule has 3 rings (SSSR count). The Morgan fingerprint density at radius 1 is 1.07 bits per heavy atom. The number of hydrogen-bond donors (Lipinski definition) is 0. The third kappa shape index (κ3) is 4.59. The highest BCUT2D eigenvalue weighted by Gasteiger charge is 2.25. The molecule has 162 valence electrons. The molecule has 0 fully saturated rings. The summed E-state index contributed by atoms with van der Waals surface area (Å²) in [7, 11) is 0.406. The minimum atomic E-state index is -3.69. The summed E-state index contributed by atoms with van der Waals surface area (Å²) in [4.78, 5) is 4.64. The molecule has 3 aromatic rings. The minimum absolute atomic E-state index is 0.325. The van der Waals surface area contributed by atoms with Gasteiger partial charge in [-0.1, -0.05) is 26.0 Å². The molecule has 0 spiro atoms. The van der Waals surface area contributed by atoms with Gasteiger partial charge in [0, 0.05) is 33.2 Å². The standard InChI is InChI=1S/C23H30N2O2S3/c1-16(2)18-7-10-20(11-8-18)30(26,27)25-17(3)23(29-14-13-24(4)5)21-15-19(28-6)9-12-22(21)25/h7-12,15-16H,13-14H2,1-6H3. The van der Waals surface area contributed by atoms with Crippen LogP contribution in [0.1, 0.15) is 31.0 Å². The van der Waals surface area contributed by atoms with Gasteiger partial charge in [-0.2, -0.15) is 0 Å². The molecule has 0 aliphatic carbocycles. The molecule has 0 bridgehead atoms. The summed E-state index contributed by atoms with van der Waals surface area (Å²) in [5.41, 5.74) is 2.65. The van der Waals surface area contributed by atoms with Crippen LogP contribution < -0.4 is 0 Å². The summed E-state index contributed by atoms with van der Waals surface area (Å²) < 4.78 is 28.8. The van der Waals surface area contributed by atoms with Crippen LogP contribution in [0.25, 0.3) is 10.9 Å². The SMILES string of the molecule is CSc1ccc2c(c1)c(SCCN(C)C)c(C)n2S(=O)(=O)c1ccc(C(C)C)cc1. The largest absolute Gasteiger partial charge is 0.309 e. The van der Waals surface area contributed by atoms with E-state index in [0.717, 1.165) is 44.2 Å². The van der Waals surface area contributed by atoms with Crippen molar-refractivity contribution >= 4 is 44.4 Å². The Morgan fingerprint density at radius 3 is 2.30 bits per heavy atom. The fourth-order valence-electron chi connectivity index (χ4n) is 3.42. The molecule has 0 saturated heterocycles. The third-order valence-electron chi connectivity index (χ3n) is 5.17. The molecule has 4 nitrogen and oxygen atoms in total. The zero-order valence-corrected chi connectivity index (χ0v) is 20.9. The molecule has 0 amide bonds. The zero-order chi connectivity index (χ0) is 22.1. The zero-order valence-electron chi connectivity index (χ0n) is 18.5. The monoisotopic (exact) mass is 462 g/mol. The summed E-state index contributed by atoms with van der Waals surface area (Å²) in [5.74, 6) is 1.26. The number of benzene rings is 2. The molecule has 0 aliphatic rings. The molecule has 0 aliphatic heterocycles. The van der Waals surface area contributed by atoms with Crippen LogP contribution in [-0.2, 0) is 10.0 Å². The summed E-state index contributed by atoms with van der Waals surface area (Å²) in [6.07, 6.45) is 2.04. The van der Waals surface area contributed by atoms with Gasteiger partial charge in [0.2, 0.25) is 0 Å². The lowest BCUT2D eigenvalue weighted by atomic mass is 10.0. The van der Waals surface area contributed by atoms with Crippen LogP contribution in [0.4, 0.5) is 0 Å². The number of aromatic nitrogens is 1. The summed E-state index contributed by atoms with van der Waals surface area (Å²) in [6.45, 7) is 7.06. The highest BCUT2D eigenvalue weighted by Crippen LogP contribution is 2.38. The van der Waals surface area contributed by atoms with Gasteiger partial charge in [-0.3, -0.25) is 0 Å². The fourth-order valence-corrected chi connectivity index (χ4v) is 6.76. The Hall–Kier alpha value is -1.41. The molecule has 1 aromatic heterocycles. The lowest BCUT2D eigenvalue weighted by Crippen LogP contribution is -2.15. The lowest BCUT2D eigenvalue weighted by Gasteiger charge is -2.12. The van der Waals surface area contributed by atoms with E-state index in [2.05, 4.69) is 24.8 Å². The van der Waals surface area contributed by atoms with Gasteiger partial charge in [-0.05, 0) is 69.1 Å². The Kier molecular flexibility index (Phi) is 7.28. The molecule has 7 heteroatoms. The first-order valence-electron chi connectivity index (χ1n) is 9.99. The maximum Gasteiger partial charge on any atom is 0.268 e. The van der Waals surface area contributed by atoms with Crippen molar-refractivity contribution in [2.45, 2.75) is 41.4 Å². The Bertz CT molecular complexity index is 1130. The van der Waals surface area contributed by atoms with Crippen molar-refractivity contribution in [1.82, 2.24) is 8.87 Å². The Morgan fingerprint density at radius 2 is 1.73 bits per heavy atom. The molecular weight excluding hydrogens is 432 g/mol. The second-order valence-corrected chi connectivity index (χ2v) is 11.7. The predicted octanol–water partition coefficient (Wildman–Crippen LogP) is 5.69. The van der Waals surface area contributed by atoms with Gasteiger partial charge in [0.25, 0.3) is 10.0 Å². The van der Waals surface area contributed by atoms with Crippen molar-refractivity contribution in [3.8, 4) is 0 Å². The van der Waals surface area contributed by atoms with E-state index in [4.69, 9.17) is 0 Å². The fraction of sp³-hybridized carbons (Fsp3) is 0.391. The number of rotatable bonds is 8. The van der Waals surface area contributed by atoms with Crippen molar-refractivity contribution in [3.05, 3.63) is 53.7 Å². The van der Waals surface area contributed by atoms with Crippen molar-refractivity contribution in [3.63, 3.8) is 0 Å². The smallest absolute Gasteiger partial charge is 0.268 e. The lowest BCUT2D eigenvalue weighted by molar-refractivity contribution is 0.437. The minimum Gasteiger partial charge on any atom is -0.309 e. The normalized spacial score (nSPS) is 12.4. The predicted molar refractivity (Wildman–Crippen MR) is 131 cm³/mol. The molecular formula is C23H30N2O2S3. The van der Waals surface area contributed by atoms with Gasteiger partial charge in [0.05, 0.1) is 10.4 Å². The van der Waals surface area contributed by atoms with E-state index in [1.54, 1.807) is 35.7 Å². The van der Waals surface area contributed by atoms with Crippen LogP contribution in [-0.4, -0.2) is 49.9 Å². The first kappa shape index (κ1) is 23.3. The van der Waals surface area contributed by atoms with Gasteiger partial charge in [0.15, 0.2) is 0 Å². The first-order chi connectivity index (χ1) is 14.2. The molecule has 0 unspecified atom stereocenters. The van der Waals surface area contributed by atoms with Crippen LogP contribution in [0.5, 0.6) is 0 Å². The van der Waals surface area contributed by atoms with Crippen molar-refractivity contribution in [1.29, 1.82) is 0 Å². The van der Waals surface area contributed by atoms with E-state index in [1.165, 1.54) is 3.97 Å². The van der Waals surface area contributed by atoms with Crippen LogP contribution in [0.3, 0.4) is 0 Å². The van der Waals surface area contributed by atoms with Crippen molar-refractivity contribution < 1.29 is 8.42 Å². The van der Waals surface area contributed by atoms with E-state index in [0.29, 0.717) is 10.8 Å². The molecule has 0 radical (unpaired) electrons. The number of nitrogens with zero attached hydrogens (tertiary/aromatic N) is 2. The van der Waals surface area contributed by atoms with E-state index in [1.807, 2.05) is 51.5 Å². The van der Waals surface area contributed by atoms with Gasteiger partial charge in [-0.25, -0.2) is 12.4 Å². The quantitative estimate of drug-likeness (QED) is 0.403. The van der Waals surface area contributed by atoms with Gasteiger partial charge in [0.1, 0.15) is 0 Å². The Labute approximate surface area is 189 Å². The second-order valence-electron chi connectivity index (χ2n) is 7.94.